The fourth-order valence-electron chi connectivity index (χ4n) is 1.90. The molecule has 19 heavy (non-hydrogen) atoms. The van der Waals surface area contributed by atoms with Gasteiger partial charge in [-0.05, 0) is 29.8 Å². The zero-order valence-electron chi connectivity index (χ0n) is 11.1. The van der Waals surface area contributed by atoms with Crippen LogP contribution >= 0.6 is 0 Å². The number of benzene rings is 2. The second-order valence-corrected chi connectivity index (χ2v) is 4.15. The molecular weight excluding hydrogens is 240 g/mol. The SMILES string of the molecule is COc1ccc(CC(=O)c2ccccc2OC)cc1. The Morgan fingerprint density at radius 1 is 0.947 bits per heavy atom. The molecule has 0 spiro atoms. The highest BCUT2D eigenvalue weighted by molar-refractivity contribution is 5.99. The highest BCUT2D eigenvalue weighted by atomic mass is 16.5. The van der Waals surface area contributed by atoms with Crippen LogP contribution in [0.4, 0.5) is 0 Å². The van der Waals surface area contributed by atoms with Crippen molar-refractivity contribution in [1.29, 1.82) is 0 Å². The van der Waals surface area contributed by atoms with Gasteiger partial charge in [0, 0.05) is 6.42 Å². The van der Waals surface area contributed by atoms with Gasteiger partial charge in [-0.3, -0.25) is 4.79 Å². The van der Waals surface area contributed by atoms with Crippen LogP contribution in [-0.4, -0.2) is 20.0 Å². The number of carbonyl (C=O) groups is 1. The first-order valence-electron chi connectivity index (χ1n) is 6.03. The molecular formula is C16H16O3. The Balaban J connectivity index is 2.16. The average Bonchev–Trinajstić information content (AvgIpc) is 2.48. The van der Waals surface area contributed by atoms with Crippen LogP contribution < -0.4 is 9.47 Å². The molecule has 0 fully saturated rings. The van der Waals surface area contributed by atoms with E-state index in [1.807, 2.05) is 36.4 Å². The predicted molar refractivity (Wildman–Crippen MR) is 74.0 cm³/mol. The van der Waals surface area contributed by atoms with Crippen LogP contribution in [-0.2, 0) is 6.42 Å². The third-order valence-electron chi connectivity index (χ3n) is 2.93. The van der Waals surface area contributed by atoms with Gasteiger partial charge in [0.25, 0.3) is 0 Å². The molecule has 0 aliphatic heterocycles. The number of methoxy groups -OCH3 is 2. The summed E-state index contributed by atoms with van der Waals surface area (Å²) in [5.41, 5.74) is 1.57. The quantitative estimate of drug-likeness (QED) is 0.771. The van der Waals surface area contributed by atoms with Gasteiger partial charge in [0.1, 0.15) is 11.5 Å². The Morgan fingerprint density at radius 3 is 2.26 bits per heavy atom. The van der Waals surface area contributed by atoms with Crippen molar-refractivity contribution in [1.82, 2.24) is 0 Å². The van der Waals surface area contributed by atoms with Gasteiger partial charge in [0.15, 0.2) is 5.78 Å². The fraction of sp³-hybridized carbons (Fsp3) is 0.188. The standard InChI is InChI=1S/C16H16O3/c1-18-13-9-7-12(8-10-13)11-15(17)14-5-3-4-6-16(14)19-2/h3-10H,11H2,1-2H3. The molecule has 0 atom stereocenters. The summed E-state index contributed by atoms with van der Waals surface area (Å²) in [7, 11) is 3.19. The van der Waals surface area contributed by atoms with E-state index in [9.17, 15) is 4.79 Å². The molecule has 0 aliphatic rings. The second-order valence-electron chi connectivity index (χ2n) is 4.15. The van der Waals surface area contributed by atoms with Crippen molar-refractivity contribution in [2.24, 2.45) is 0 Å². The molecule has 0 saturated heterocycles. The maximum atomic E-state index is 12.2. The van der Waals surface area contributed by atoms with Gasteiger partial charge >= 0.3 is 0 Å². The molecule has 0 aliphatic carbocycles. The zero-order chi connectivity index (χ0) is 13.7. The van der Waals surface area contributed by atoms with E-state index in [4.69, 9.17) is 9.47 Å². The minimum absolute atomic E-state index is 0.0441. The largest absolute Gasteiger partial charge is 0.497 e. The second kappa shape index (κ2) is 6.05. The smallest absolute Gasteiger partial charge is 0.170 e. The third-order valence-corrected chi connectivity index (χ3v) is 2.93. The van der Waals surface area contributed by atoms with E-state index in [0.29, 0.717) is 17.7 Å². The molecule has 3 heteroatoms. The van der Waals surface area contributed by atoms with E-state index in [1.54, 1.807) is 26.4 Å². The van der Waals surface area contributed by atoms with Crippen molar-refractivity contribution in [3.63, 3.8) is 0 Å². The summed E-state index contributed by atoms with van der Waals surface area (Å²) in [6.07, 6.45) is 0.352. The van der Waals surface area contributed by atoms with E-state index in [-0.39, 0.29) is 5.78 Å². The molecule has 0 aromatic heterocycles. The van der Waals surface area contributed by atoms with Crippen molar-refractivity contribution in [2.45, 2.75) is 6.42 Å². The van der Waals surface area contributed by atoms with Crippen molar-refractivity contribution >= 4 is 5.78 Å². The van der Waals surface area contributed by atoms with Crippen molar-refractivity contribution in [3.8, 4) is 11.5 Å². The molecule has 2 aromatic rings. The summed E-state index contributed by atoms with van der Waals surface area (Å²) in [4.78, 5) is 12.2. The highest BCUT2D eigenvalue weighted by Crippen LogP contribution is 2.20. The Labute approximate surface area is 112 Å². The van der Waals surface area contributed by atoms with Gasteiger partial charge in [-0.1, -0.05) is 24.3 Å². The average molecular weight is 256 g/mol. The van der Waals surface area contributed by atoms with Crippen LogP contribution in [0, 0.1) is 0 Å². The molecule has 0 bridgehead atoms. The lowest BCUT2D eigenvalue weighted by atomic mass is 10.0. The van der Waals surface area contributed by atoms with Crippen molar-refractivity contribution in [3.05, 3.63) is 59.7 Å². The summed E-state index contributed by atoms with van der Waals surface area (Å²) in [5, 5.41) is 0. The van der Waals surface area contributed by atoms with E-state index < -0.39 is 0 Å². The van der Waals surface area contributed by atoms with Crippen LogP contribution in [0.3, 0.4) is 0 Å². The first-order chi connectivity index (χ1) is 9.24. The number of carbonyl (C=O) groups excluding carboxylic acids is 1. The van der Waals surface area contributed by atoms with Crippen LogP contribution in [0.1, 0.15) is 15.9 Å². The minimum Gasteiger partial charge on any atom is -0.497 e. The van der Waals surface area contributed by atoms with E-state index in [1.165, 1.54) is 0 Å². The Bertz CT molecular complexity index is 558. The normalized spacial score (nSPS) is 10.0. The number of rotatable bonds is 5. The maximum Gasteiger partial charge on any atom is 0.170 e. The lowest BCUT2D eigenvalue weighted by Crippen LogP contribution is -2.05. The van der Waals surface area contributed by atoms with Crippen molar-refractivity contribution in [2.75, 3.05) is 14.2 Å². The third kappa shape index (κ3) is 3.13. The Morgan fingerprint density at radius 2 is 1.63 bits per heavy atom. The monoisotopic (exact) mass is 256 g/mol. The summed E-state index contributed by atoms with van der Waals surface area (Å²) in [5.74, 6) is 1.44. The highest BCUT2D eigenvalue weighted by Gasteiger charge is 2.12. The number of para-hydroxylation sites is 1. The van der Waals surface area contributed by atoms with Crippen LogP contribution in [0.15, 0.2) is 48.5 Å². The molecule has 2 aromatic carbocycles. The molecule has 2 rings (SSSR count). The summed E-state index contributed by atoms with van der Waals surface area (Å²) in [6, 6.07) is 14.8. The first-order valence-corrected chi connectivity index (χ1v) is 6.03. The lowest BCUT2D eigenvalue weighted by molar-refractivity contribution is 0.0990. The zero-order valence-corrected chi connectivity index (χ0v) is 11.1. The number of ketones is 1. The summed E-state index contributed by atoms with van der Waals surface area (Å²) in [6.45, 7) is 0. The van der Waals surface area contributed by atoms with E-state index >= 15 is 0 Å². The van der Waals surface area contributed by atoms with Crippen LogP contribution in [0.2, 0.25) is 0 Å². The summed E-state index contributed by atoms with van der Waals surface area (Å²) >= 11 is 0. The Kier molecular flexibility index (Phi) is 4.18. The molecule has 98 valence electrons. The van der Waals surface area contributed by atoms with E-state index in [0.717, 1.165) is 11.3 Å². The molecule has 0 saturated carbocycles. The maximum absolute atomic E-state index is 12.2. The number of ether oxygens (including phenoxy) is 2. The van der Waals surface area contributed by atoms with Gasteiger partial charge in [-0.15, -0.1) is 0 Å². The van der Waals surface area contributed by atoms with Gasteiger partial charge in [0.05, 0.1) is 19.8 Å². The molecule has 0 amide bonds. The molecule has 0 unspecified atom stereocenters. The predicted octanol–water partition coefficient (Wildman–Crippen LogP) is 3.13. The molecule has 0 heterocycles. The molecule has 0 radical (unpaired) electrons. The lowest BCUT2D eigenvalue weighted by Gasteiger charge is -2.07. The van der Waals surface area contributed by atoms with Gasteiger partial charge < -0.3 is 9.47 Å². The fourth-order valence-corrected chi connectivity index (χ4v) is 1.90. The van der Waals surface area contributed by atoms with Crippen LogP contribution in [0.5, 0.6) is 11.5 Å². The Hall–Kier alpha value is -2.29. The van der Waals surface area contributed by atoms with Gasteiger partial charge in [-0.25, -0.2) is 0 Å². The molecule has 0 N–H and O–H groups in total. The van der Waals surface area contributed by atoms with Gasteiger partial charge in [0.2, 0.25) is 0 Å². The van der Waals surface area contributed by atoms with Gasteiger partial charge in [-0.2, -0.15) is 0 Å². The summed E-state index contributed by atoms with van der Waals surface area (Å²) < 4.78 is 10.3. The molecule has 3 nitrogen and oxygen atoms in total. The number of hydrogen-bond acceptors (Lipinski definition) is 3. The topological polar surface area (TPSA) is 35.5 Å². The van der Waals surface area contributed by atoms with Crippen LogP contribution in [0.25, 0.3) is 0 Å². The minimum atomic E-state index is 0.0441. The first kappa shape index (κ1) is 13.1. The number of Topliss-reactive ketones (excluding diaryl/α,β-unsaturated/α-hetero) is 1. The van der Waals surface area contributed by atoms with E-state index in [2.05, 4.69) is 0 Å². The van der Waals surface area contributed by atoms with Crippen molar-refractivity contribution < 1.29 is 14.3 Å². The number of hydrogen-bond donors (Lipinski definition) is 0.